The van der Waals surface area contributed by atoms with Crippen LogP contribution in [0.5, 0.6) is 0 Å². The number of thiazole rings is 1. The van der Waals surface area contributed by atoms with Crippen molar-refractivity contribution in [2.75, 3.05) is 0 Å². The van der Waals surface area contributed by atoms with Crippen molar-refractivity contribution < 1.29 is 0 Å². The van der Waals surface area contributed by atoms with Gasteiger partial charge in [-0.1, -0.05) is 13.8 Å². The summed E-state index contributed by atoms with van der Waals surface area (Å²) in [5.74, 6) is 0.557. The lowest BCUT2D eigenvalue weighted by molar-refractivity contribution is 0.849. The van der Waals surface area contributed by atoms with E-state index in [1.54, 1.807) is 11.3 Å². The third-order valence-corrected chi connectivity index (χ3v) is 2.84. The van der Waals surface area contributed by atoms with E-state index in [4.69, 9.17) is 0 Å². The average Bonchev–Trinajstić information content (AvgIpc) is 2.14. The number of aromatic nitrogens is 1. The van der Waals surface area contributed by atoms with Crippen LogP contribution in [0.25, 0.3) is 0 Å². The first kappa shape index (κ1) is 7.22. The van der Waals surface area contributed by atoms with Crippen molar-refractivity contribution >= 4 is 27.3 Å². The van der Waals surface area contributed by atoms with Crippen LogP contribution in [0.3, 0.4) is 0 Å². The summed E-state index contributed by atoms with van der Waals surface area (Å²) in [5.41, 5.74) is 0. The van der Waals surface area contributed by atoms with Crippen molar-refractivity contribution in [2.24, 2.45) is 0 Å². The lowest BCUT2D eigenvalue weighted by atomic mass is 10.2. The lowest BCUT2D eigenvalue weighted by Gasteiger charge is -1.94. The molecule has 0 unspecified atom stereocenters. The number of nitrogens with zero attached hydrogens (tertiary/aromatic N) is 1. The van der Waals surface area contributed by atoms with Crippen molar-refractivity contribution in [3.05, 3.63) is 15.0 Å². The normalized spacial score (nSPS) is 10.7. The molecule has 3 heteroatoms. The first-order valence-electron chi connectivity index (χ1n) is 2.81. The Morgan fingerprint density at radius 2 is 2.33 bits per heavy atom. The Balaban J connectivity index is 2.85. The van der Waals surface area contributed by atoms with Gasteiger partial charge in [0.2, 0.25) is 0 Å². The Bertz CT molecular complexity index is 195. The molecule has 0 saturated heterocycles. The van der Waals surface area contributed by atoms with Gasteiger partial charge in [0.25, 0.3) is 0 Å². The molecule has 0 bridgehead atoms. The zero-order valence-corrected chi connectivity index (χ0v) is 7.79. The number of hydrogen-bond donors (Lipinski definition) is 0. The van der Waals surface area contributed by atoms with E-state index >= 15 is 0 Å². The van der Waals surface area contributed by atoms with E-state index < -0.39 is 0 Å². The predicted molar refractivity (Wildman–Crippen MR) is 43.9 cm³/mol. The second-order valence-electron chi connectivity index (χ2n) is 2.16. The molecular weight excluding hydrogens is 198 g/mol. The quantitative estimate of drug-likeness (QED) is 0.688. The highest BCUT2D eigenvalue weighted by Crippen LogP contribution is 2.21. The van der Waals surface area contributed by atoms with Crippen LogP contribution in [0.1, 0.15) is 24.8 Å². The Morgan fingerprint density at radius 3 is 2.56 bits per heavy atom. The van der Waals surface area contributed by atoms with Gasteiger partial charge in [0.15, 0.2) is 0 Å². The van der Waals surface area contributed by atoms with Crippen molar-refractivity contribution in [1.29, 1.82) is 0 Å². The van der Waals surface area contributed by atoms with E-state index in [1.165, 1.54) is 5.01 Å². The van der Waals surface area contributed by atoms with Crippen LogP contribution in [0.15, 0.2) is 9.98 Å². The lowest BCUT2D eigenvalue weighted by Crippen LogP contribution is -1.82. The summed E-state index contributed by atoms with van der Waals surface area (Å²) >= 11 is 5.00. The summed E-state index contributed by atoms with van der Waals surface area (Å²) in [6.45, 7) is 4.29. The molecule has 0 amide bonds. The smallest absolute Gasteiger partial charge is 0.117 e. The summed E-state index contributed by atoms with van der Waals surface area (Å²) in [4.78, 5) is 4.25. The first-order valence-corrected chi connectivity index (χ1v) is 4.48. The summed E-state index contributed by atoms with van der Waals surface area (Å²) in [6.07, 6.45) is 0. The molecule has 50 valence electrons. The zero-order valence-electron chi connectivity index (χ0n) is 5.39. The van der Waals surface area contributed by atoms with E-state index in [-0.39, 0.29) is 0 Å². The fourth-order valence-electron chi connectivity index (χ4n) is 0.532. The average molecular weight is 206 g/mol. The van der Waals surface area contributed by atoms with Gasteiger partial charge in [-0.05, 0) is 15.9 Å². The molecule has 0 aliphatic carbocycles. The highest BCUT2D eigenvalue weighted by atomic mass is 79.9. The second-order valence-corrected chi connectivity index (χ2v) is 3.87. The Hall–Kier alpha value is 0.110. The van der Waals surface area contributed by atoms with Crippen LogP contribution < -0.4 is 0 Å². The summed E-state index contributed by atoms with van der Waals surface area (Å²) in [5, 5.41) is 3.21. The molecule has 0 aromatic carbocycles. The Kier molecular flexibility index (Phi) is 2.24. The van der Waals surface area contributed by atoms with Gasteiger partial charge in [-0.15, -0.1) is 11.3 Å². The standard InChI is InChI=1S/C6H8BrNS/c1-4(2)6-8-5(7)3-9-6/h3-4H,1-2H3. The van der Waals surface area contributed by atoms with Crippen LogP contribution in [-0.4, -0.2) is 4.98 Å². The van der Waals surface area contributed by atoms with Crippen LogP contribution in [0, 0.1) is 0 Å². The molecule has 0 saturated carbocycles. The molecule has 1 rings (SSSR count). The monoisotopic (exact) mass is 205 g/mol. The number of hydrogen-bond acceptors (Lipinski definition) is 2. The third-order valence-electron chi connectivity index (χ3n) is 0.988. The van der Waals surface area contributed by atoms with E-state index in [9.17, 15) is 0 Å². The van der Waals surface area contributed by atoms with Gasteiger partial charge >= 0.3 is 0 Å². The van der Waals surface area contributed by atoms with E-state index in [2.05, 4.69) is 34.8 Å². The molecule has 0 aliphatic rings. The van der Waals surface area contributed by atoms with Gasteiger partial charge in [-0.2, -0.15) is 0 Å². The minimum Gasteiger partial charge on any atom is -0.234 e. The van der Waals surface area contributed by atoms with Gasteiger partial charge in [0.1, 0.15) is 4.60 Å². The van der Waals surface area contributed by atoms with Gasteiger partial charge in [0, 0.05) is 11.3 Å². The highest BCUT2D eigenvalue weighted by molar-refractivity contribution is 9.10. The molecule has 1 heterocycles. The molecule has 0 atom stereocenters. The van der Waals surface area contributed by atoms with Crippen LogP contribution >= 0.6 is 27.3 Å². The maximum absolute atomic E-state index is 4.25. The van der Waals surface area contributed by atoms with E-state index in [0.717, 1.165) is 4.60 Å². The van der Waals surface area contributed by atoms with Crippen molar-refractivity contribution in [3.8, 4) is 0 Å². The summed E-state index contributed by atoms with van der Waals surface area (Å²) in [7, 11) is 0. The molecule has 0 aliphatic heterocycles. The second kappa shape index (κ2) is 2.80. The zero-order chi connectivity index (χ0) is 6.85. The molecule has 1 aromatic heterocycles. The minimum absolute atomic E-state index is 0.557. The molecule has 9 heavy (non-hydrogen) atoms. The van der Waals surface area contributed by atoms with Gasteiger partial charge in [0.05, 0.1) is 5.01 Å². The summed E-state index contributed by atoms with van der Waals surface area (Å²) < 4.78 is 0.955. The third kappa shape index (κ3) is 1.76. The van der Waals surface area contributed by atoms with Gasteiger partial charge in [-0.25, -0.2) is 4.98 Å². The molecule has 1 aromatic rings. The Labute approximate surface area is 67.3 Å². The van der Waals surface area contributed by atoms with Crippen molar-refractivity contribution in [3.63, 3.8) is 0 Å². The maximum Gasteiger partial charge on any atom is 0.117 e. The summed E-state index contributed by atoms with van der Waals surface area (Å²) in [6, 6.07) is 0. The minimum atomic E-state index is 0.557. The molecule has 0 N–H and O–H groups in total. The molecule has 0 radical (unpaired) electrons. The van der Waals surface area contributed by atoms with Crippen molar-refractivity contribution in [2.45, 2.75) is 19.8 Å². The predicted octanol–water partition coefficient (Wildman–Crippen LogP) is 3.03. The van der Waals surface area contributed by atoms with Crippen LogP contribution in [-0.2, 0) is 0 Å². The topological polar surface area (TPSA) is 12.9 Å². The van der Waals surface area contributed by atoms with Crippen LogP contribution in [0.2, 0.25) is 0 Å². The molecule has 0 spiro atoms. The van der Waals surface area contributed by atoms with E-state index in [0.29, 0.717) is 5.92 Å². The number of rotatable bonds is 1. The van der Waals surface area contributed by atoms with Crippen molar-refractivity contribution in [1.82, 2.24) is 4.98 Å². The van der Waals surface area contributed by atoms with Crippen LogP contribution in [0.4, 0.5) is 0 Å². The maximum atomic E-state index is 4.25. The fraction of sp³-hybridized carbons (Fsp3) is 0.500. The SMILES string of the molecule is CC(C)c1nc(Br)cs1. The Morgan fingerprint density at radius 1 is 1.67 bits per heavy atom. The molecule has 1 nitrogen and oxygen atoms in total. The van der Waals surface area contributed by atoms with Gasteiger partial charge < -0.3 is 0 Å². The largest absolute Gasteiger partial charge is 0.234 e. The number of halogens is 1. The molecule has 0 fully saturated rings. The van der Waals surface area contributed by atoms with E-state index in [1.807, 2.05) is 5.38 Å². The fourth-order valence-corrected chi connectivity index (χ4v) is 1.81. The highest BCUT2D eigenvalue weighted by Gasteiger charge is 2.02. The van der Waals surface area contributed by atoms with Gasteiger partial charge in [-0.3, -0.25) is 0 Å². The molecular formula is C6H8BrNS. The first-order chi connectivity index (χ1) is 4.20.